The number of hydrogen-bond acceptors (Lipinski definition) is 7. The van der Waals surface area contributed by atoms with Crippen molar-refractivity contribution in [2.45, 2.75) is 33.6 Å². The Hall–Kier alpha value is -2.76. The second kappa shape index (κ2) is 10.7. The van der Waals surface area contributed by atoms with E-state index in [0.29, 0.717) is 61.5 Å². The lowest BCUT2D eigenvalue weighted by atomic mass is 10.1. The van der Waals surface area contributed by atoms with Crippen LogP contribution in [0.5, 0.6) is 0 Å². The number of nitrogens with zero attached hydrogens (tertiary/aromatic N) is 5. The fourth-order valence-electron chi connectivity index (χ4n) is 3.94. The van der Waals surface area contributed by atoms with Crippen molar-refractivity contribution >= 4 is 26.6 Å². The molecule has 0 bridgehead atoms. The van der Waals surface area contributed by atoms with Crippen LogP contribution in [0, 0.1) is 0 Å². The summed E-state index contributed by atoms with van der Waals surface area (Å²) in [5.74, 6) is 0.410. The van der Waals surface area contributed by atoms with E-state index in [4.69, 9.17) is 4.74 Å². The number of ether oxygens (including phenoxy) is 1. The molecule has 0 amide bonds. The van der Waals surface area contributed by atoms with Gasteiger partial charge in [-0.3, -0.25) is 9.48 Å². The summed E-state index contributed by atoms with van der Waals surface area (Å²) in [5.41, 5.74) is 1.51. The Balaban J connectivity index is 2.15. The van der Waals surface area contributed by atoms with Crippen LogP contribution in [0.4, 0.5) is 0 Å². The number of allylic oxidation sites excluding steroid dienone is 3. The van der Waals surface area contributed by atoms with Crippen molar-refractivity contribution in [1.82, 2.24) is 29.0 Å². The Kier molecular flexibility index (Phi) is 8.11. The zero-order valence-electron chi connectivity index (χ0n) is 20.6. The van der Waals surface area contributed by atoms with Crippen molar-refractivity contribution in [2.24, 2.45) is 7.05 Å². The van der Waals surface area contributed by atoms with Crippen molar-refractivity contribution in [3.05, 3.63) is 51.3 Å². The minimum Gasteiger partial charge on any atom is -0.494 e. The first kappa shape index (κ1) is 25.9. The largest absolute Gasteiger partial charge is 0.494 e. The average Bonchev–Trinajstić information content (AvgIpc) is 3.10. The van der Waals surface area contributed by atoms with Gasteiger partial charge in [0, 0.05) is 33.2 Å². The van der Waals surface area contributed by atoms with Gasteiger partial charge in [-0.05, 0) is 33.4 Å². The van der Waals surface area contributed by atoms with Crippen molar-refractivity contribution in [3.8, 4) is 0 Å². The Morgan fingerprint density at radius 2 is 1.88 bits per heavy atom. The molecular weight excluding hydrogens is 456 g/mol. The number of likely N-dealkylation sites (N-methyl/N-ethyl adjacent to an activating group) is 1. The summed E-state index contributed by atoms with van der Waals surface area (Å²) in [6.07, 6.45) is 4.52. The van der Waals surface area contributed by atoms with Gasteiger partial charge in [-0.1, -0.05) is 26.0 Å². The molecule has 0 spiro atoms. The quantitative estimate of drug-likeness (QED) is 0.423. The number of H-pyrrole nitrogens is 1. The zero-order chi connectivity index (χ0) is 25.0. The summed E-state index contributed by atoms with van der Waals surface area (Å²) in [6, 6.07) is 0. The molecule has 2 aromatic heterocycles. The molecule has 0 unspecified atom stereocenters. The van der Waals surface area contributed by atoms with Gasteiger partial charge in [0.2, 0.25) is 10.0 Å². The summed E-state index contributed by atoms with van der Waals surface area (Å²) in [4.78, 5) is 22.6. The van der Waals surface area contributed by atoms with Crippen molar-refractivity contribution in [1.29, 1.82) is 0 Å². The van der Waals surface area contributed by atoms with Gasteiger partial charge in [0.1, 0.15) is 17.1 Å². The third-order valence-corrected chi connectivity index (χ3v) is 7.79. The van der Waals surface area contributed by atoms with Crippen LogP contribution < -0.4 is 5.56 Å². The highest BCUT2D eigenvalue weighted by atomic mass is 32.2. The molecule has 1 aliphatic rings. The lowest BCUT2D eigenvalue weighted by Gasteiger charge is -2.31. The van der Waals surface area contributed by atoms with Crippen LogP contribution in [0.25, 0.3) is 16.6 Å². The van der Waals surface area contributed by atoms with Crippen molar-refractivity contribution in [2.75, 3.05) is 39.8 Å². The van der Waals surface area contributed by atoms with Crippen LogP contribution in [-0.4, -0.2) is 77.2 Å². The maximum atomic E-state index is 13.4. The van der Waals surface area contributed by atoms with E-state index >= 15 is 0 Å². The van der Waals surface area contributed by atoms with E-state index in [2.05, 4.69) is 26.5 Å². The highest BCUT2D eigenvalue weighted by molar-refractivity contribution is 7.93. The molecule has 1 saturated heterocycles. The third-order valence-electron chi connectivity index (χ3n) is 5.79. The molecule has 10 nitrogen and oxygen atoms in total. The van der Waals surface area contributed by atoms with E-state index < -0.39 is 10.0 Å². The molecule has 1 fully saturated rings. The van der Waals surface area contributed by atoms with Gasteiger partial charge in [-0.2, -0.15) is 9.40 Å². The first-order valence-electron chi connectivity index (χ1n) is 11.5. The van der Waals surface area contributed by atoms with E-state index in [1.54, 1.807) is 20.9 Å². The Morgan fingerprint density at radius 1 is 1.21 bits per heavy atom. The van der Waals surface area contributed by atoms with Gasteiger partial charge in [-0.25, -0.2) is 13.4 Å². The standard InChI is InChI=1S/C23H34N6O4S/c1-7-10-19-20-21(28(6)26-19)23(30)25-22(24-20)18(16(4)33-9-3)15-17(8-2)34(31,32)29-13-11-27(5)12-14-29/h8,15H,4,7,9-14H2,1-3,5-6H3,(H,24,25,30)/b17-8+,18-15+. The van der Waals surface area contributed by atoms with E-state index in [9.17, 15) is 13.2 Å². The predicted molar refractivity (Wildman–Crippen MR) is 134 cm³/mol. The van der Waals surface area contributed by atoms with E-state index in [-0.39, 0.29) is 22.0 Å². The number of hydrogen-bond donors (Lipinski definition) is 1. The Morgan fingerprint density at radius 3 is 2.47 bits per heavy atom. The SMILES string of the molecule is C=C(OCC)/C(=C\C(=C/C)S(=O)(=O)N1CCN(C)CC1)c1nc2c(CCC)nn(C)c2c(=O)[nH]1. The molecule has 1 aliphatic heterocycles. The number of fused-ring (bicyclic) bond motifs is 1. The summed E-state index contributed by atoms with van der Waals surface area (Å²) in [5, 5.41) is 4.45. The van der Waals surface area contributed by atoms with Crippen LogP contribution in [0.1, 0.15) is 38.7 Å². The first-order chi connectivity index (χ1) is 16.1. The summed E-state index contributed by atoms with van der Waals surface area (Å²) in [6.45, 7) is 11.9. The molecule has 186 valence electrons. The molecule has 0 saturated carbocycles. The molecule has 2 aromatic rings. The third kappa shape index (κ3) is 5.16. The maximum absolute atomic E-state index is 13.4. The number of aryl methyl sites for hydroxylation is 2. The van der Waals surface area contributed by atoms with Gasteiger partial charge in [0.05, 0.1) is 22.8 Å². The topological polar surface area (TPSA) is 113 Å². The van der Waals surface area contributed by atoms with Crippen LogP contribution in [0.15, 0.2) is 34.2 Å². The Bertz CT molecular complexity index is 1280. The smallest absolute Gasteiger partial charge is 0.277 e. The lowest BCUT2D eigenvalue weighted by molar-refractivity contribution is 0.223. The van der Waals surface area contributed by atoms with Crippen LogP contribution >= 0.6 is 0 Å². The molecule has 0 aromatic carbocycles. The Labute approximate surface area is 200 Å². The second-order valence-electron chi connectivity index (χ2n) is 8.24. The van der Waals surface area contributed by atoms with Gasteiger partial charge >= 0.3 is 0 Å². The number of sulfonamides is 1. The normalized spacial score (nSPS) is 16.9. The van der Waals surface area contributed by atoms with Gasteiger partial charge in [0.15, 0.2) is 5.52 Å². The highest BCUT2D eigenvalue weighted by Gasteiger charge is 2.29. The first-order valence-corrected chi connectivity index (χ1v) is 12.9. The average molecular weight is 491 g/mol. The lowest BCUT2D eigenvalue weighted by Crippen LogP contribution is -2.47. The van der Waals surface area contributed by atoms with Crippen molar-refractivity contribution < 1.29 is 13.2 Å². The minimum atomic E-state index is -3.76. The van der Waals surface area contributed by atoms with Gasteiger partial charge < -0.3 is 14.6 Å². The number of piperazine rings is 1. The summed E-state index contributed by atoms with van der Waals surface area (Å²) in [7, 11) is -0.0868. The molecule has 0 radical (unpaired) electrons. The molecular formula is C23H34N6O4S. The van der Waals surface area contributed by atoms with Gasteiger partial charge in [-0.15, -0.1) is 0 Å². The van der Waals surface area contributed by atoms with Crippen LogP contribution in [0.3, 0.4) is 0 Å². The molecule has 0 aliphatic carbocycles. The number of aromatic amines is 1. The summed E-state index contributed by atoms with van der Waals surface area (Å²) < 4.78 is 35.4. The molecule has 0 atom stereocenters. The summed E-state index contributed by atoms with van der Waals surface area (Å²) >= 11 is 0. The minimum absolute atomic E-state index is 0.0932. The second-order valence-corrected chi connectivity index (χ2v) is 10.2. The number of rotatable bonds is 9. The van der Waals surface area contributed by atoms with E-state index in [1.165, 1.54) is 21.1 Å². The van der Waals surface area contributed by atoms with E-state index in [0.717, 1.165) is 6.42 Å². The van der Waals surface area contributed by atoms with Gasteiger partial charge in [0.25, 0.3) is 5.56 Å². The zero-order valence-corrected chi connectivity index (χ0v) is 21.4. The maximum Gasteiger partial charge on any atom is 0.277 e. The highest BCUT2D eigenvalue weighted by Crippen LogP contribution is 2.27. The monoisotopic (exact) mass is 490 g/mol. The molecule has 3 heterocycles. The fourth-order valence-corrected chi connectivity index (χ4v) is 5.45. The predicted octanol–water partition coefficient (Wildman–Crippen LogP) is 2.02. The fraction of sp³-hybridized carbons (Fsp3) is 0.522. The number of nitrogens with one attached hydrogen (secondary N) is 1. The van der Waals surface area contributed by atoms with E-state index in [1.807, 2.05) is 14.0 Å². The van der Waals surface area contributed by atoms with Crippen molar-refractivity contribution in [3.63, 3.8) is 0 Å². The molecule has 11 heteroatoms. The molecule has 3 rings (SSSR count). The van der Waals surface area contributed by atoms with Crippen LogP contribution in [-0.2, 0) is 28.2 Å². The molecule has 1 N–H and O–H groups in total. The van der Waals surface area contributed by atoms with Crippen LogP contribution in [0.2, 0.25) is 0 Å². The molecule has 34 heavy (non-hydrogen) atoms. The number of aromatic nitrogens is 4.